The first-order chi connectivity index (χ1) is 19.5. The number of unbranched alkanes of at least 4 members (excludes halogenated alkanes) is 5. The Hall–Kier alpha value is -0.600. The average Bonchev–Trinajstić information content (AvgIpc) is 2.95. The van der Waals surface area contributed by atoms with E-state index in [0.29, 0.717) is 0 Å². The Labute approximate surface area is 241 Å². The van der Waals surface area contributed by atoms with Crippen molar-refractivity contribution in [3.05, 3.63) is 0 Å². The molecule has 1 aliphatic carbocycles. The standard InChI is InChI=1S/C26H52N4O11/c1-2-3-4-5-6-7-8-37-24-18(33)15(11-31)39-26(21(24)36)41-23-13(29)9-12(28)22(20(23)35)40-25-16(30)19(34)17(32)14(10-27)38-25/h12-26,31-36H,2-11,27-30H2,1H3/t12-,13+,14+,15+,16+,17+,18+,19+,20-,21+,22+,23-,24-,25+,26?/m0/s1. The Morgan fingerprint density at radius 2 is 1.27 bits per heavy atom. The van der Waals surface area contributed by atoms with E-state index in [9.17, 15) is 30.6 Å². The van der Waals surface area contributed by atoms with E-state index in [1.54, 1.807) is 0 Å². The molecule has 0 spiro atoms. The number of aliphatic hydroxyl groups is 6. The monoisotopic (exact) mass is 596 g/mol. The van der Waals surface area contributed by atoms with Crippen LogP contribution in [-0.4, -0.2) is 142 Å². The molecule has 3 aliphatic rings. The number of hydrogen-bond donors (Lipinski definition) is 10. The number of rotatable bonds is 14. The predicted molar refractivity (Wildman–Crippen MR) is 145 cm³/mol. The molecule has 0 aromatic heterocycles. The van der Waals surface area contributed by atoms with E-state index in [0.717, 1.165) is 32.1 Å². The molecule has 1 saturated carbocycles. The van der Waals surface area contributed by atoms with Crippen molar-refractivity contribution < 1.29 is 54.3 Å². The molecule has 0 radical (unpaired) electrons. The fourth-order valence-corrected chi connectivity index (χ4v) is 5.68. The van der Waals surface area contributed by atoms with Crippen LogP contribution in [0, 0.1) is 0 Å². The maximum atomic E-state index is 11.2. The third kappa shape index (κ3) is 8.53. The van der Waals surface area contributed by atoms with Gasteiger partial charge in [0.2, 0.25) is 0 Å². The van der Waals surface area contributed by atoms with Gasteiger partial charge in [0.15, 0.2) is 12.6 Å². The molecule has 2 heterocycles. The highest BCUT2D eigenvalue weighted by atomic mass is 16.7. The molecule has 15 heteroatoms. The molecule has 0 bridgehead atoms. The Bertz CT molecular complexity index is 758. The van der Waals surface area contributed by atoms with E-state index < -0.39 is 98.4 Å². The van der Waals surface area contributed by atoms with Crippen molar-refractivity contribution in [1.82, 2.24) is 0 Å². The smallest absolute Gasteiger partial charge is 0.187 e. The summed E-state index contributed by atoms with van der Waals surface area (Å²) < 4.78 is 28.9. The summed E-state index contributed by atoms with van der Waals surface area (Å²) in [5, 5.41) is 63.1. The van der Waals surface area contributed by atoms with Gasteiger partial charge in [-0.05, 0) is 12.8 Å². The van der Waals surface area contributed by atoms with Gasteiger partial charge in [-0.1, -0.05) is 39.0 Å². The summed E-state index contributed by atoms with van der Waals surface area (Å²) in [5.74, 6) is 0. The summed E-state index contributed by atoms with van der Waals surface area (Å²) in [6, 6.07) is -2.75. The average molecular weight is 597 g/mol. The molecule has 41 heavy (non-hydrogen) atoms. The molecule has 15 nitrogen and oxygen atoms in total. The van der Waals surface area contributed by atoms with Crippen LogP contribution in [0.5, 0.6) is 0 Å². The van der Waals surface area contributed by atoms with Crippen LogP contribution in [0.4, 0.5) is 0 Å². The van der Waals surface area contributed by atoms with Crippen LogP contribution in [0.25, 0.3) is 0 Å². The number of nitrogens with two attached hydrogens (primary N) is 4. The van der Waals surface area contributed by atoms with Crippen LogP contribution in [-0.2, 0) is 23.7 Å². The van der Waals surface area contributed by atoms with Gasteiger partial charge in [0, 0.05) is 25.2 Å². The summed E-state index contributed by atoms with van der Waals surface area (Å²) in [4.78, 5) is 0. The molecule has 0 aromatic rings. The number of aliphatic hydroxyl groups excluding tert-OH is 6. The van der Waals surface area contributed by atoms with Gasteiger partial charge in [-0.15, -0.1) is 0 Å². The number of ether oxygens (including phenoxy) is 5. The van der Waals surface area contributed by atoms with Crippen molar-refractivity contribution in [2.45, 2.75) is 144 Å². The second kappa shape index (κ2) is 16.5. The highest BCUT2D eigenvalue weighted by Crippen LogP contribution is 2.32. The molecule has 242 valence electrons. The van der Waals surface area contributed by atoms with E-state index in [1.807, 2.05) is 0 Å². The minimum atomic E-state index is -1.46. The van der Waals surface area contributed by atoms with Gasteiger partial charge in [0.25, 0.3) is 0 Å². The SMILES string of the molecule is CCCCCCCCO[C@H]1[C@H](O)[C@@H](CO)OC(O[C@@H]2[C@@H](O)[C@H](O[C@H]3O[C@H](CN)[C@@H](O)[C@H](O)[C@H]3N)[C@@H](N)C[C@H]2N)[C@@H]1O. The van der Waals surface area contributed by atoms with Crippen molar-refractivity contribution in [2.75, 3.05) is 19.8 Å². The molecule has 0 aromatic carbocycles. The fraction of sp³-hybridized carbons (Fsp3) is 1.00. The molecule has 3 rings (SSSR count). The van der Waals surface area contributed by atoms with Crippen LogP contribution in [0.2, 0.25) is 0 Å². The molecule has 0 amide bonds. The Balaban J connectivity index is 1.65. The lowest BCUT2D eigenvalue weighted by Crippen LogP contribution is -2.69. The lowest BCUT2D eigenvalue weighted by atomic mass is 9.84. The van der Waals surface area contributed by atoms with E-state index in [4.69, 9.17) is 46.6 Å². The molecule has 3 fully saturated rings. The second-order valence-corrected chi connectivity index (χ2v) is 11.4. The third-order valence-corrected chi connectivity index (χ3v) is 8.25. The van der Waals surface area contributed by atoms with Gasteiger partial charge in [0.05, 0.1) is 12.6 Å². The normalized spacial score (nSPS) is 45.6. The summed E-state index contributed by atoms with van der Waals surface area (Å²) in [5.41, 5.74) is 24.2. The first-order valence-electron chi connectivity index (χ1n) is 14.8. The topological polar surface area (TPSA) is 272 Å². The van der Waals surface area contributed by atoms with Gasteiger partial charge in [-0.3, -0.25) is 0 Å². The van der Waals surface area contributed by atoms with Gasteiger partial charge < -0.3 is 77.3 Å². The first-order valence-corrected chi connectivity index (χ1v) is 14.8. The van der Waals surface area contributed by atoms with Crippen molar-refractivity contribution in [3.63, 3.8) is 0 Å². The van der Waals surface area contributed by atoms with Gasteiger partial charge in [0.1, 0.15) is 61.0 Å². The quantitative estimate of drug-likeness (QED) is 0.0858. The summed E-state index contributed by atoms with van der Waals surface area (Å²) in [6.45, 7) is 1.76. The summed E-state index contributed by atoms with van der Waals surface area (Å²) in [7, 11) is 0. The van der Waals surface area contributed by atoms with E-state index >= 15 is 0 Å². The minimum absolute atomic E-state index is 0.114. The fourth-order valence-electron chi connectivity index (χ4n) is 5.68. The van der Waals surface area contributed by atoms with E-state index in [1.165, 1.54) is 6.42 Å². The summed E-state index contributed by atoms with van der Waals surface area (Å²) >= 11 is 0. The number of hydrogen-bond acceptors (Lipinski definition) is 15. The Morgan fingerprint density at radius 3 is 1.88 bits per heavy atom. The zero-order valence-electron chi connectivity index (χ0n) is 23.8. The van der Waals surface area contributed by atoms with Gasteiger partial charge in [-0.2, -0.15) is 0 Å². The highest BCUT2D eigenvalue weighted by molar-refractivity contribution is 5.01. The van der Waals surface area contributed by atoms with Crippen LogP contribution < -0.4 is 22.9 Å². The van der Waals surface area contributed by atoms with Crippen molar-refractivity contribution in [2.24, 2.45) is 22.9 Å². The van der Waals surface area contributed by atoms with Crippen LogP contribution in [0.15, 0.2) is 0 Å². The van der Waals surface area contributed by atoms with Crippen LogP contribution >= 0.6 is 0 Å². The van der Waals surface area contributed by atoms with Gasteiger partial charge in [-0.25, -0.2) is 0 Å². The van der Waals surface area contributed by atoms with Crippen LogP contribution in [0.3, 0.4) is 0 Å². The van der Waals surface area contributed by atoms with Gasteiger partial charge >= 0.3 is 0 Å². The lowest BCUT2D eigenvalue weighted by molar-refractivity contribution is -0.335. The molecule has 1 unspecified atom stereocenters. The highest BCUT2D eigenvalue weighted by Gasteiger charge is 2.52. The van der Waals surface area contributed by atoms with Crippen LogP contribution in [0.1, 0.15) is 51.9 Å². The van der Waals surface area contributed by atoms with Crippen molar-refractivity contribution >= 4 is 0 Å². The molecule has 2 aliphatic heterocycles. The van der Waals surface area contributed by atoms with Crippen molar-refractivity contribution in [3.8, 4) is 0 Å². The molecular weight excluding hydrogens is 544 g/mol. The largest absolute Gasteiger partial charge is 0.394 e. The zero-order valence-corrected chi connectivity index (χ0v) is 23.8. The predicted octanol–water partition coefficient (Wildman–Crippen LogP) is -3.91. The minimum Gasteiger partial charge on any atom is -0.394 e. The molecule has 14 N–H and O–H groups in total. The molecule has 2 saturated heterocycles. The summed E-state index contributed by atoms with van der Waals surface area (Å²) in [6.07, 6.45) is -8.75. The lowest BCUT2D eigenvalue weighted by Gasteiger charge is -2.48. The zero-order chi connectivity index (χ0) is 30.3. The Kier molecular flexibility index (Phi) is 14.0. The second-order valence-electron chi connectivity index (χ2n) is 11.4. The van der Waals surface area contributed by atoms with Crippen molar-refractivity contribution in [1.29, 1.82) is 0 Å². The maximum Gasteiger partial charge on any atom is 0.187 e. The first kappa shape index (κ1) is 34.9. The molecule has 15 atom stereocenters. The van der Waals surface area contributed by atoms with E-state index in [2.05, 4.69) is 6.92 Å². The Morgan fingerprint density at radius 1 is 0.683 bits per heavy atom. The maximum absolute atomic E-state index is 11.2. The third-order valence-electron chi connectivity index (χ3n) is 8.25. The van der Waals surface area contributed by atoms with E-state index in [-0.39, 0.29) is 19.6 Å². The molecular formula is C26H52N4O11.